The molecule has 0 aliphatic heterocycles. The lowest BCUT2D eigenvalue weighted by molar-refractivity contribution is 0.149. The Kier molecular flexibility index (Phi) is 3.96. The topological polar surface area (TPSA) is 29.3 Å². The summed E-state index contributed by atoms with van der Waals surface area (Å²) in [7, 11) is 2.18. The van der Waals surface area contributed by atoms with Crippen molar-refractivity contribution in [1.82, 2.24) is 4.90 Å². The van der Waals surface area contributed by atoms with Gasteiger partial charge in [0.25, 0.3) is 0 Å². The summed E-state index contributed by atoms with van der Waals surface area (Å²) in [4.78, 5) is 2.37. The van der Waals surface area contributed by atoms with E-state index in [0.717, 1.165) is 12.5 Å². The van der Waals surface area contributed by atoms with Crippen LogP contribution >= 0.6 is 0 Å². The Hall–Kier alpha value is -0.0800. The van der Waals surface area contributed by atoms with E-state index in [1.54, 1.807) is 0 Å². The predicted molar refractivity (Wildman–Crippen MR) is 62.3 cm³/mol. The van der Waals surface area contributed by atoms with E-state index >= 15 is 0 Å². The lowest BCUT2D eigenvalue weighted by Crippen LogP contribution is -2.53. The smallest absolute Gasteiger partial charge is 0.0285 e. The van der Waals surface area contributed by atoms with Gasteiger partial charge in [-0.05, 0) is 39.7 Å². The molecule has 2 heteroatoms. The molecule has 0 radical (unpaired) electrons. The maximum absolute atomic E-state index is 6.45. The van der Waals surface area contributed by atoms with Crippen LogP contribution in [0, 0.1) is 5.92 Å². The van der Waals surface area contributed by atoms with Gasteiger partial charge in [-0.15, -0.1) is 0 Å². The largest absolute Gasteiger partial charge is 0.324 e. The fourth-order valence-corrected chi connectivity index (χ4v) is 2.52. The average molecular weight is 198 g/mol. The molecule has 84 valence electrons. The van der Waals surface area contributed by atoms with E-state index in [4.69, 9.17) is 5.73 Å². The van der Waals surface area contributed by atoms with Gasteiger partial charge in [0.2, 0.25) is 0 Å². The van der Waals surface area contributed by atoms with Gasteiger partial charge in [0.05, 0.1) is 0 Å². The molecule has 0 spiro atoms. The van der Waals surface area contributed by atoms with E-state index < -0.39 is 0 Å². The molecule has 1 aliphatic rings. The summed E-state index contributed by atoms with van der Waals surface area (Å²) in [5.41, 5.74) is 6.53. The quantitative estimate of drug-likeness (QED) is 0.753. The van der Waals surface area contributed by atoms with Gasteiger partial charge in [-0.2, -0.15) is 0 Å². The van der Waals surface area contributed by atoms with Crippen molar-refractivity contribution >= 4 is 0 Å². The third-order valence-electron chi connectivity index (χ3n) is 3.57. The van der Waals surface area contributed by atoms with Crippen molar-refractivity contribution in [2.45, 2.75) is 58.0 Å². The fourth-order valence-electron chi connectivity index (χ4n) is 2.52. The summed E-state index contributed by atoms with van der Waals surface area (Å²) in [5.74, 6) is 0.814. The molecule has 14 heavy (non-hydrogen) atoms. The van der Waals surface area contributed by atoms with E-state index in [1.807, 2.05) is 0 Å². The van der Waals surface area contributed by atoms with Crippen LogP contribution in [0.2, 0.25) is 0 Å². The molecule has 0 aromatic rings. The highest BCUT2D eigenvalue weighted by Crippen LogP contribution is 2.30. The van der Waals surface area contributed by atoms with E-state index in [9.17, 15) is 0 Å². The van der Waals surface area contributed by atoms with E-state index in [2.05, 4.69) is 32.7 Å². The molecule has 2 unspecified atom stereocenters. The Bertz CT molecular complexity index is 179. The van der Waals surface area contributed by atoms with Crippen LogP contribution in [0.1, 0.15) is 46.5 Å². The lowest BCUT2D eigenvalue weighted by atomic mass is 9.77. The Morgan fingerprint density at radius 2 is 2.14 bits per heavy atom. The first-order chi connectivity index (χ1) is 6.43. The molecule has 1 rings (SSSR count). The summed E-state index contributed by atoms with van der Waals surface area (Å²) in [6.07, 6.45) is 5.08. The highest BCUT2D eigenvalue weighted by Gasteiger charge is 2.32. The molecule has 0 bridgehead atoms. The van der Waals surface area contributed by atoms with E-state index in [1.165, 1.54) is 25.7 Å². The third kappa shape index (κ3) is 3.25. The molecule has 0 saturated heterocycles. The second-order valence-electron chi connectivity index (χ2n) is 5.57. The van der Waals surface area contributed by atoms with Crippen molar-refractivity contribution in [1.29, 1.82) is 0 Å². The minimum atomic E-state index is 0.0800. The van der Waals surface area contributed by atoms with Gasteiger partial charge in [0.1, 0.15) is 0 Å². The number of rotatable bonds is 3. The molecule has 0 amide bonds. The molecule has 2 N–H and O–H groups in total. The highest BCUT2D eigenvalue weighted by molar-refractivity contribution is 4.92. The molecule has 2 nitrogen and oxygen atoms in total. The Labute approximate surface area is 88.8 Å². The molecule has 0 heterocycles. The summed E-state index contributed by atoms with van der Waals surface area (Å²) in [5, 5.41) is 0. The maximum atomic E-state index is 6.45. The minimum absolute atomic E-state index is 0.0800. The summed E-state index contributed by atoms with van der Waals surface area (Å²) >= 11 is 0. The molecule has 0 aromatic carbocycles. The molecule has 1 fully saturated rings. The summed E-state index contributed by atoms with van der Waals surface area (Å²) < 4.78 is 0. The monoisotopic (exact) mass is 198 g/mol. The second kappa shape index (κ2) is 4.63. The molecular formula is C12H26N2. The van der Waals surface area contributed by atoms with Crippen molar-refractivity contribution in [3.05, 3.63) is 0 Å². The zero-order chi connectivity index (χ0) is 10.8. The summed E-state index contributed by atoms with van der Waals surface area (Å²) in [6, 6.07) is 0.604. The highest BCUT2D eigenvalue weighted by atomic mass is 15.1. The number of nitrogens with two attached hydrogens (primary N) is 1. The van der Waals surface area contributed by atoms with Crippen LogP contribution in [0.5, 0.6) is 0 Å². The van der Waals surface area contributed by atoms with Crippen LogP contribution in [0.15, 0.2) is 0 Å². The van der Waals surface area contributed by atoms with Crippen molar-refractivity contribution in [2.24, 2.45) is 11.7 Å². The van der Waals surface area contributed by atoms with Gasteiger partial charge in [-0.1, -0.05) is 19.8 Å². The van der Waals surface area contributed by atoms with Crippen molar-refractivity contribution in [3.63, 3.8) is 0 Å². The van der Waals surface area contributed by atoms with Crippen molar-refractivity contribution in [3.8, 4) is 0 Å². The van der Waals surface area contributed by atoms with Crippen LogP contribution in [-0.2, 0) is 0 Å². The van der Waals surface area contributed by atoms with Gasteiger partial charge in [-0.3, -0.25) is 0 Å². The van der Waals surface area contributed by atoms with Gasteiger partial charge < -0.3 is 10.6 Å². The van der Waals surface area contributed by atoms with Crippen molar-refractivity contribution in [2.75, 3.05) is 13.6 Å². The van der Waals surface area contributed by atoms with E-state index in [-0.39, 0.29) is 5.54 Å². The first-order valence-corrected chi connectivity index (χ1v) is 5.92. The van der Waals surface area contributed by atoms with Crippen LogP contribution < -0.4 is 5.73 Å². The Morgan fingerprint density at radius 3 is 2.64 bits per heavy atom. The molecular weight excluding hydrogens is 172 g/mol. The number of hydrogen-bond donors (Lipinski definition) is 1. The van der Waals surface area contributed by atoms with Crippen LogP contribution in [0.4, 0.5) is 0 Å². The maximum Gasteiger partial charge on any atom is 0.0285 e. The van der Waals surface area contributed by atoms with Gasteiger partial charge in [0.15, 0.2) is 0 Å². The Morgan fingerprint density at radius 1 is 1.50 bits per heavy atom. The van der Waals surface area contributed by atoms with Crippen LogP contribution in [0.25, 0.3) is 0 Å². The number of likely N-dealkylation sites (N-methyl/N-ethyl adjacent to an activating group) is 1. The zero-order valence-corrected chi connectivity index (χ0v) is 10.2. The first-order valence-electron chi connectivity index (χ1n) is 5.92. The predicted octanol–water partition coefficient (Wildman–Crippen LogP) is 2.23. The third-order valence-corrected chi connectivity index (χ3v) is 3.57. The van der Waals surface area contributed by atoms with E-state index in [0.29, 0.717) is 6.04 Å². The molecule has 0 aromatic heterocycles. The number of hydrogen-bond acceptors (Lipinski definition) is 2. The van der Waals surface area contributed by atoms with Gasteiger partial charge in [0, 0.05) is 18.1 Å². The standard InChI is InChI=1S/C12H26N2/c1-10(2)14(4)9-12(13)7-5-6-11(3)8-12/h10-11H,5-9,13H2,1-4H3. The SMILES string of the molecule is CC1CCCC(N)(CN(C)C(C)C)C1. The van der Waals surface area contributed by atoms with Crippen molar-refractivity contribution < 1.29 is 0 Å². The minimum Gasteiger partial charge on any atom is -0.324 e. The zero-order valence-electron chi connectivity index (χ0n) is 10.2. The summed E-state index contributed by atoms with van der Waals surface area (Å²) in [6.45, 7) is 7.84. The van der Waals surface area contributed by atoms with Gasteiger partial charge >= 0.3 is 0 Å². The lowest BCUT2D eigenvalue weighted by Gasteiger charge is -2.40. The fraction of sp³-hybridized carbons (Fsp3) is 1.00. The van der Waals surface area contributed by atoms with Gasteiger partial charge in [-0.25, -0.2) is 0 Å². The number of nitrogens with zero attached hydrogens (tertiary/aromatic N) is 1. The van der Waals surface area contributed by atoms with Crippen LogP contribution in [0.3, 0.4) is 0 Å². The molecule has 1 saturated carbocycles. The Balaban J connectivity index is 2.48. The van der Waals surface area contributed by atoms with Crippen LogP contribution in [-0.4, -0.2) is 30.1 Å². The average Bonchev–Trinajstić information content (AvgIpc) is 2.02. The second-order valence-corrected chi connectivity index (χ2v) is 5.57. The first kappa shape index (κ1) is 12.0. The molecule has 2 atom stereocenters. The molecule has 1 aliphatic carbocycles. The normalized spacial score (nSPS) is 34.1.